The summed E-state index contributed by atoms with van der Waals surface area (Å²) in [4.78, 5) is 0. The summed E-state index contributed by atoms with van der Waals surface area (Å²) in [7, 11) is 17.2. The van der Waals surface area contributed by atoms with Crippen LogP contribution in [-0.2, 0) is 0 Å². The molecule has 1 aromatic carbocycles. The molecule has 0 spiro atoms. The van der Waals surface area contributed by atoms with E-state index in [0.717, 1.165) is 0 Å². The number of benzene rings is 1. The predicted molar refractivity (Wildman–Crippen MR) is 49.3 cm³/mol. The van der Waals surface area contributed by atoms with Crippen LogP contribution in [0, 0.1) is 5.82 Å². The molecule has 11 heavy (non-hydrogen) atoms. The van der Waals surface area contributed by atoms with Crippen molar-refractivity contribution in [2.75, 3.05) is 0 Å². The Labute approximate surface area is 79.3 Å². The van der Waals surface area contributed by atoms with E-state index in [9.17, 15) is 4.39 Å². The molecule has 0 aliphatic carbocycles. The Morgan fingerprint density at radius 1 is 1.00 bits per heavy atom. The zero-order valence-electron chi connectivity index (χ0n) is 5.32. The van der Waals surface area contributed by atoms with Crippen LogP contribution >= 0.6 is 26.8 Å². The minimum absolute atomic E-state index is 0.311. The average molecular weight is 320 g/mol. The summed E-state index contributed by atoms with van der Waals surface area (Å²) in [5.74, 6) is -0.311. The molecule has 0 fully saturated rings. The van der Waals surface area contributed by atoms with Gasteiger partial charge in [-0.1, -0.05) is 0 Å². The Kier molecular flexibility index (Phi) is 3.32. The zero-order valence-corrected chi connectivity index (χ0v) is 10.4. The molecule has 1 aromatic rings. The van der Waals surface area contributed by atoms with Crippen molar-refractivity contribution in [1.29, 1.82) is 0 Å². The monoisotopic (exact) mass is 320 g/mol. The van der Waals surface area contributed by atoms with Gasteiger partial charge in [-0.15, -0.1) is 0 Å². The van der Waals surface area contributed by atoms with Gasteiger partial charge in [0.05, 0.1) is 0 Å². The summed E-state index contributed by atoms with van der Waals surface area (Å²) in [6.45, 7) is 0. The summed E-state index contributed by atoms with van der Waals surface area (Å²) in [5.41, 5.74) is 0. The molecule has 0 bridgehead atoms. The van der Waals surface area contributed by atoms with Crippen molar-refractivity contribution >= 4 is 45.3 Å². The van der Waals surface area contributed by atoms with Crippen LogP contribution in [0.25, 0.3) is 0 Å². The molecule has 0 saturated carbocycles. The van der Waals surface area contributed by atoms with E-state index in [1.54, 1.807) is 0 Å². The molecule has 0 radical (unpaired) electrons. The molecule has 5 heteroatoms. The van der Waals surface area contributed by atoms with Crippen LogP contribution < -0.4 is 3.58 Å². The van der Waals surface area contributed by atoms with Crippen LogP contribution in [0.5, 0.6) is 0 Å². The number of hydrogen-bond donors (Lipinski definition) is 0. The van der Waals surface area contributed by atoms with Gasteiger partial charge in [-0.25, -0.2) is 0 Å². The molecule has 0 amide bonds. The minimum atomic E-state index is -3.49. The molecule has 0 N–H and O–H groups in total. The van der Waals surface area contributed by atoms with E-state index < -0.39 is 15.0 Å². The van der Waals surface area contributed by atoms with Crippen LogP contribution in [0.15, 0.2) is 24.3 Å². The second-order valence-corrected chi connectivity index (χ2v) is 21.8. The molecule has 0 aliphatic rings. The van der Waals surface area contributed by atoms with Crippen LogP contribution in [0.2, 0.25) is 0 Å². The third kappa shape index (κ3) is 2.97. The molecule has 0 nitrogen and oxygen atoms in total. The van der Waals surface area contributed by atoms with Crippen molar-refractivity contribution < 1.29 is 4.39 Å². The second-order valence-electron chi connectivity index (χ2n) is 2.00. The normalized spacial score (nSPS) is 11.6. The Bertz CT molecular complexity index is 241. The van der Waals surface area contributed by atoms with Crippen molar-refractivity contribution in [1.82, 2.24) is 0 Å². The Hall–Kier alpha value is 0.819. The van der Waals surface area contributed by atoms with Gasteiger partial charge < -0.3 is 0 Å². The molecular weight excluding hydrogens is 316 g/mol. The Morgan fingerprint density at radius 3 is 1.82 bits per heavy atom. The summed E-state index contributed by atoms with van der Waals surface area (Å²) >= 11 is -3.49. The molecule has 1 rings (SSSR count). The topological polar surface area (TPSA) is 0 Å². The summed E-state index contributed by atoms with van der Waals surface area (Å²) in [5, 5.41) is 0. The molecule has 60 valence electrons. The Balaban J connectivity index is 2.99. The van der Waals surface area contributed by atoms with E-state index in [0.29, 0.717) is 3.58 Å². The Morgan fingerprint density at radius 2 is 1.45 bits per heavy atom. The van der Waals surface area contributed by atoms with Gasteiger partial charge in [-0.3, -0.25) is 0 Å². The third-order valence-corrected chi connectivity index (χ3v) is 8.38. The number of halogens is 4. The SMILES string of the molecule is Fc1cc[c]([Sn]([Cl])([Cl])[Cl])cc1. The van der Waals surface area contributed by atoms with Gasteiger partial charge in [0.2, 0.25) is 0 Å². The molecule has 0 atom stereocenters. The van der Waals surface area contributed by atoms with Crippen LogP contribution in [0.3, 0.4) is 0 Å². The van der Waals surface area contributed by atoms with E-state index in [4.69, 9.17) is 26.8 Å². The van der Waals surface area contributed by atoms with E-state index in [2.05, 4.69) is 0 Å². The van der Waals surface area contributed by atoms with Gasteiger partial charge in [0, 0.05) is 0 Å². The maximum absolute atomic E-state index is 12.4. The van der Waals surface area contributed by atoms with Crippen molar-refractivity contribution in [2.45, 2.75) is 0 Å². The average Bonchev–Trinajstić information content (AvgIpc) is 1.86. The van der Waals surface area contributed by atoms with Crippen LogP contribution in [0.4, 0.5) is 4.39 Å². The quantitative estimate of drug-likeness (QED) is 0.698. The first kappa shape index (κ1) is 9.90. The van der Waals surface area contributed by atoms with Gasteiger partial charge in [0.1, 0.15) is 0 Å². The molecule has 0 unspecified atom stereocenters. The van der Waals surface area contributed by atoms with E-state index in [1.165, 1.54) is 24.3 Å². The maximum atomic E-state index is 12.4. The molecule has 0 aliphatic heterocycles. The van der Waals surface area contributed by atoms with Crippen LogP contribution in [-0.4, -0.2) is 15.0 Å². The van der Waals surface area contributed by atoms with Gasteiger partial charge in [0.15, 0.2) is 0 Å². The predicted octanol–water partition coefficient (Wildman–Crippen LogP) is 2.69. The number of rotatable bonds is 1. The first-order chi connectivity index (χ1) is 5.00. The van der Waals surface area contributed by atoms with Crippen molar-refractivity contribution in [3.05, 3.63) is 30.1 Å². The first-order valence-corrected chi connectivity index (χ1v) is 15.1. The van der Waals surface area contributed by atoms with E-state index in [-0.39, 0.29) is 5.82 Å². The molecule has 0 saturated heterocycles. The zero-order chi connectivity index (χ0) is 8.48. The summed E-state index contributed by atoms with van der Waals surface area (Å²) in [6, 6.07) is 5.65. The summed E-state index contributed by atoms with van der Waals surface area (Å²) in [6.07, 6.45) is 0. The van der Waals surface area contributed by atoms with Gasteiger partial charge in [-0.05, 0) is 0 Å². The first-order valence-electron chi connectivity index (χ1n) is 2.83. The van der Waals surface area contributed by atoms with Crippen molar-refractivity contribution in [2.24, 2.45) is 0 Å². The van der Waals surface area contributed by atoms with Crippen molar-refractivity contribution in [3.8, 4) is 0 Å². The van der Waals surface area contributed by atoms with Crippen molar-refractivity contribution in [3.63, 3.8) is 0 Å². The molecule has 0 aromatic heterocycles. The number of hydrogen-bond acceptors (Lipinski definition) is 0. The standard InChI is InChI=1S/C6H4F.3ClH.Sn/c7-6-4-2-1-3-5-6;;;;/h2-5H;3*1H;/q;;;;+3/p-3. The fraction of sp³-hybridized carbons (Fsp3) is 0. The van der Waals surface area contributed by atoms with Gasteiger partial charge in [0.25, 0.3) is 0 Å². The van der Waals surface area contributed by atoms with Gasteiger partial charge >= 0.3 is 79.8 Å². The fourth-order valence-electron chi connectivity index (χ4n) is 0.639. The second kappa shape index (κ2) is 3.69. The third-order valence-electron chi connectivity index (χ3n) is 1.17. The van der Waals surface area contributed by atoms with E-state index in [1.807, 2.05) is 0 Å². The molecule has 0 heterocycles. The van der Waals surface area contributed by atoms with E-state index >= 15 is 0 Å². The summed E-state index contributed by atoms with van der Waals surface area (Å²) < 4.78 is 13.0. The van der Waals surface area contributed by atoms with Gasteiger partial charge in [-0.2, -0.15) is 0 Å². The van der Waals surface area contributed by atoms with Crippen LogP contribution in [0.1, 0.15) is 0 Å². The fourth-order valence-corrected chi connectivity index (χ4v) is 4.73. The molecular formula is C6H4Cl3FSn.